The zero-order valence-corrected chi connectivity index (χ0v) is 12.6. The van der Waals surface area contributed by atoms with Crippen molar-refractivity contribution >= 4 is 17.0 Å². The first kappa shape index (κ1) is 12.7. The van der Waals surface area contributed by atoms with E-state index >= 15 is 0 Å². The molecule has 100 valence electrons. The third kappa shape index (κ3) is 2.66. The van der Waals surface area contributed by atoms with E-state index in [-0.39, 0.29) is 5.41 Å². The number of benzene rings is 1. The highest BCUT2D eigenvalue weighted by Crippen LogP contribution is 2.27. The summed E-state index contributed by atoms with van der Waals surface area (Å²) < 4.78 is 0. The number of hydrogen-bond acceptors (Lipinski definition) is 3. The van der Waals surface area contributed by atoms with Crippen molar-refractivity contribution in [3.8, 4) is 0 Å². The van der Waals surface area contributed by atoms with E-state index < -0.39 is 0 Å². The molecule has 1 aliphatic rings. The molecule has 1 aromatic carbocycles. The van der Waals surface area contributed by atoms with Crippen LogP contribution in [-0.4, -0.2) is 11.5 Å². The van der Waals surface area contributed by atoms with Crippen LogP contribution in [0.25, 0.3) is 0 Å². The lowest BCUT2D eigenvalue weighted by Gasteiger charge is -2.14. The van der Waals surface area contributed by atoms with Gasteiger partial charge in [0.1, 0.15) is 0 Å². The minimum Gasteiger partial charge on any atom is -0.384 e. The van der Waals surface area contributed by atoms with Gasteiger partial charge in [-0.1, -0.05) is 32.9 Å². The van der Waals surface area contributed by atoms with Gasteiger partial charge < -0.3 is 5.32 Å². The Morgan fingerprint density at radius 1 is 1.32 bits per heavy atom. The van der Waals surface area contributed by atoms with Crippen LogP contribution in [0.15, 0.2) is 23.6 Å². The molecule has 0 bridgehead atoms. The zero-order valence-electron chi connectivity index (χ0n) is 11.8. The molecule has 0 unspecified atom stereocenters. The molecule has 1 aromatic heterocycles. The second kappa shape index (κ2) is 4.64. The second-order valence-electron chi connectivity index (χ2n) is 6.22. The molecule has 0 fully saturated rings. The van der Waals surface area contributed by atoms with E-state index in [0.717, 1.165) is 19.4 Å². The van der Waals surface area contributed by atoms with E-state index in [2.05, 4.69) is 49.7 Å². The summed E-state index contributed by atoms with van der Waals surface area (Å²) in [7, 11) is 0. The molecule has 0 aliphatic carbocycles. The van der Waals surface area contributed by atoms with E-state index in [0.29, 0.717) is 0 Å². The fraction of sp³-hybridized carbons (Fsp3) is 0.438. The SMILES string of the molecule is CC(C)(C)c1csc(Cc2ccc3c(c2)CCN3)n1. The number of fused-ring (bicyclic) bond motifs is 1. The first-order valence-corrected chi connectivity index (χ1v) is 7.71. The molecule has 0 amide bonds. The van der Waals surface area contributed by atoms with Crippen molar-refractivity contribution in [3.63, 3.8) is 0 Å². The lowest BCUT2D eigenvalue weighted by Crippen LogP contribution is -2.11. The third-order valence-electron chi connectivity index (χ3n) is 3.55. The van der Waals surface area contributed by atoms with Crippen LogP contribution in [0.3, 0.4) is 0 Å². The van der Waals surface area contributed by atoms with Gasteiger partial charge in [0.25, 0.3) is 0 Å². The quantitative estimate of drug-likeness (QED) is 0.894. The van der Waals surface area contributed by atoms with Crippen molar-refractivity contribution in [2.24, 2.45) is 0 Å². The molecule has 1 N–H and O–H groups in total. The van der Waals surface area contributed by atoms with Gasteiger partial charge in [0.15, 0.2) is 0 Å². The number of thiazole rings is 1. The minimum absolute atomic E-state index is 0.149. The van der Waals surface area contributed by atoms with Crippen LogP contribution in [0.4, 0.5) is 5.69 Å². The molecule has 0 saturated heterocycles. The van der Waals surface area contributed by atoms with Gasteiger partial charge in [-0.3, -0.25) is 0 Å². The Kier molecular flexibility index (Phi) is 3.09. The van der Waals surface area contributed by atoms with Gasteiger partial charge in [0.05, 0.1) is 10.7 Å². The summed E-state index contributed by atoms with van der Waals surface area (Å²) in [6, 6.07) is 6.75. The van der Waals surface area contributed by atoms with E-state index in [1.54, 1.807) is 11.3 Å². The highest BCUT2D eigenvalue weighted by atomic mass is 32.1. The molecule has 0 saturated carbocycles. The van der Waals surface area contributed by atoms with Gasteiger partial charge in [-0.15, -0.1) is 11.3 Å². The largest absolute Gasteiger partial charge is 0.384 e. The number of nitrogens with zero attached hydrogens (tertiary/aromatic N) is 1. The van der Waals surface area contributed by atoms with Crippen LogP contribution in [0.5, 0.6) is 0 Å². The van der Waals surface area contributed by atoms with Gasteiger partial charge in [-0.25, -0.2) is 4.98 Å². The fourth-order valence-corrected chi connectivity index (χ4v) is 3.43. The predicted molar refractivity (Wildman–Crippen MR) is 82.3 cm³/mol. The smallest absolute Gasteiger partial charge is 0.0972 e. The Hall–Kier alpha value is -1.35. The first-order valence-electron chi connectivity index (χ1n) is 6.83. The maximum Gasteiger partial charge on any atom is 0.0972 e. The molecule has 2 aromatic rings. The van der Waals surface area contributed by atoms with Gasteiger partial charge >= 0.3 is 0 Å². The van der Waals surface area contributed by atoms with E-state index in [4.69, 9.17) is 4.98 Å². The summed E-state index contributed by atoms with van der Waals surface area (Å²) in [6.45, 7) is 7.72. The van der Waals surface area contributed by atoms with E-state index in [1.165, 1.54) is 27.5 Å². The molecular formula is C16H20N2S. The number of hydrogen-bond donors (Lipinski definition) is 1. The Bertz CT molecular complexity index is 593. The Morgan fingerprint density at radius 3 is 2.89 bits per heavy atom. The molecule has 0 spiro atoms. The summed E-state index contributed by atoms with van der Waals surface area (Å²) >= 11 is 1.78. The van der Waals surface area contributed by atoms with Crippen LogP contribution in [0.1, 0.15) is 42.6 Å². The number of aromatic nitrogens is 1. The topological polar surface area (TPSA) is 24.9 Å². The molecule has 0 atom stereocenters. The van der Waals surface area contributed by atoms with Crippen molar-refractivity contribution in [3.05, 3.63) is 45.4 Å². The third-order valence-corrected chi connectivity index (χ3v) is 4.40. The van der Waals surface area contributed by atoms with Crippen molar-refractivity contribution in [1.82, 2.24) is 4.98 Å². The Morgan fingerprint density at radius 2 is 2.16 bits per heavy atom. The molecule has 19 heavy (non-hydrogen) atoms. The molecule has 2 nitrogen and oxygen atoms in total. The first-order chi connectivity index (χ1) is 9.02. The molecule has 0 radical (unpaired) electrons. The average Bonchev–Trinajstić information content (AvgIpc) is 2.95. The Labute approximate surface area is 118 Å². The maximum atomic E-state index is 4.77. The van der Waals surface area contributed by atoms with Crippen molar-refractivity contribution in [1.29, 1.82) is 0 Å². The predicted octanol–water partition coefficient (Wildman–Crippen LogP) is 4.00. The number of anilines is 1. The summed E-state index contributed by atoms with van der Waals surface area (Å²) in [4.78, 5) is 4.77. The summed E-state index contributed by atoms with van der Waals surface area (Å²) in [6.07, 6.45) is 2.10. The highest BCUT2D eigenvalue weighted by Gasteiger charge is 2.17. The molecule has 2 heterocycles. The zero-order chi connectivity index (χ0) is 13.5. The molecular weight excluding hydrogens is 252 g/mol. The van der Waals surface area contributed by atoms with Gasteiger partial charge in [0, 0.05) is 29.4 Å². The summed E-state index contributed by atoms with van der Waals surface area (Å²) in [5, 5.41) is 6.82. The second-order valence-corrected chi connectivity index (χ2v) is 7.16. The highest BCUT2D eigenvalue weighted by molar-refractivity contribution is 7.09. The molecule has 3 rings (SSSR count). The normalized spacial score (nSPS) is 14.3. The number of rotatable bonds is 2. The van der Waals surface area contributed by atoms with Crippen molar-refractivity contribution < 1.29 is 0 Å². The van der Waals surface area contributed by atoms with Gasteiger partial charge in [-0.2, -0.15) is 0 Å². The maximum absolute atomic E-state index is 4.77. The molecule has 3 heteroatoms. The van der Waals surface area contributed by atoms with Crippen LogP contribution in [-0.2, 0) is 18.3 Å². The number of nitrogens with one attached hydrogen (secondary N) is 1. The summed E-state index contributed by atoms with van der Waals surface area (Å²) in [5.41, 5.74) is 5.48. The van der Waals surface area contributed by atoms with E-state index in [1.807, 2.05) is 0 Å². The van der Waals surface area contributed by atoms with Gasteiger partial charge in [-0.05, 0) is 23.6 Å². The van der Waals surface area contributed by atoms with Crippen LogP contribution in [0.2, 0.25) is 0 Å². The monoisotopic (exact) mass is 272 g/mol. The lowest BCUT2D eigenvalue weighted by molar-refractivity contribution is 0.571. The van der Waals surface area contributed by atoms with Crippen LogP contribution < -0.4 is 5.32 Å². The van der Waals surface area contributed by atoms with Gasteiger partial charge in [0.2, 0.25) is 0 Å². The lowest BCUT2D eigenvalue weighted by atomic mass is 9.93. The fourth-order valence-electron chi connectivity index (χ4n) is 2.38. The minimum atomic E-state index is 0.149. The van der Waals surface area contributed by atoms with Crippen LogP contribution in [0, 0.1) is 0 Å². The van der Waals surface area contributed by atoms with E-state index in [9.17, 15) is 0 Å². The Balaban J connectivity index is 1.80. The van der Waals surface area contributed by atoms with Crippen molar-refractivity contribution in [2.45, 2.75) is 39.0 Å². The average molecular weight is 272 g/mol. The molecule has 1 aliphatic heterocycles. The van der Waals surface area contributed by atoms with Crippen LogP contribution >= 0.6 is 11.3 Å². The standard InChI is InChI=1S/C16H20N2S/c1-16(2,3)14-10-19-15(18-14)9-11-4-5-13-12(8-11)6-7-17-13/h4-5,8,10,17H,6-7,9H2,1-3H3. The summed E-state index contributed by atoms with van der Waals surface area (Å²) in [5.74, 6) is 0. The van der Waals surface area contributed by atoms with Crippen molar-refractivity contribution in [2.75, 3.05) is 11.9 Å².